The van der Waals surface area contributed by atoms with Gasteiger partial charge in [-0.25, -0.2) is 0 Å². The van der Waals surface area contributed by atoms with Crippen LogP contribution in [0.4, 0.5) is 4.39 Å². The summed E-state index contributed by atoms with van der Waals surface area (Å²) >= 11 is 0. The van der Waals surface area contributed by atoms with Gasteiger partial charge in [0.1, 0.15) is 0 Å². The van der Waals surface area contributed by atoms with Crippen LogP contribution in [0, 0.1) is 5.41 Å². The third-order valence-corrected chi connectivity index (χ3v) is 3.97. The Morgan fingerprint density at radius 2 is 1.95 bits per heavy atom. The van der Waals surface area contributed by atoms with E-state index in [-0.39, 0.29) is 11.1 Å². The van der Waals surface area contributed by atoms with Crippen LogP contribution in [0.5, 0.6) is 0 Å². The number of alkyl halides is 1. The summed E-state index contributed by atoms with van der Waals surface area (Å²) in [4.78, 5) is 9.00. The molecule has 0 saturated carbocycles. The van der Waals surface area contributed by atoms with E-state index in [4.69, 9.17) is 10.3 Å². The van der Waals surface area contributed by atoms with Crippen molar-refractivity contribution in [2.45, 2.75) is 12.3 Å². The van der Waals surface area contributed by atoms with Crippen molar-refractivity contribution < 1.29 is 19.0 Å². The number of hydrogen-bond acceptors (Lipinski definition) is 3. The lowest BCUT2D eigenvalue weighted by atomic mass is 10.0. The molecule has 0 radical (unpaired) electrons. The van der Waals surface area contributed by atoms with Gasteiger partial charge in [0.2, 0.25) is 0 Å². The van der Waals surface area contributed by atoms with Crippen LogP contribution in [0.3, 0.4) is 0 Å². The summed E-state index contributed by atoms with van der Waals surface area (Å²) in [5.41, 5.74) is 0.261. The van der Waals surface area contributed by atoms with Crippen LogP contribution in [0.25, 0.3) is 10.8 Å². The Morgan fingerprint density at radius 3 is 2.53 bits per heavy atom. The van der Waals surface area contributed by atoms with E-state index in [2.05, 4.69) is 0 Å². The molecular weight excluding hydrogens is 268 g/mol. The van der Waals surface area contributed by atoms with Gasteiger partial charge < -0.3 is 10.5 Å². The molecule has 2 aromatic rings. The molecule has 19 heavy (non-hydrogen) atoms. The maximum absolute atomic E-state index is 14.1. The van der Waals surface area contributed by atoms with Gasteiger partial charge in [0, 0.05) is 12.5 Å². The van der Waals surface area contributed by atoms with Gasteiger partial charge in [-0.2, -0.15) is 9.28 Å². The Kier molecular flexibility index (Phi) is 3.35. The molecule has 2 N–H and O–H groups in total. The van der Waals surface area contributed by atoms with Crippen molar-refractivity contribution in [1.29, 1.82) is 5.41 Å². The third-order valence-electron chi connectivity index (χ3n) is 2.99. The highest BCUT2D eigenvalue weighted by Gasteiger charge is 2.46. The maximum atomic E-state index is 14.1. The summed E-state index contributed by atoms with van der Waals surface area (Å²) < 4.78 is 25.1. The molecule has 4 nitrogen and oxygen atoms in total. The topological polar surface area (TPSA) is 84.2 Å². The second-order valence-electron chi connectivity index (χ2n) is 4.33. The smallest absolute Gasteiger partial charge is 0.550 e. The maximum Gasteiger partial charge on any atom is 0.550 e. The Hall–Kier alpha value is -1.84. The first-order chi connectivity index (χ1) is 8.82. The van der Waals surface area contributed by atoms with Gasteiger partial charge in [-0.15, -0.1) is 0 Å². The summed E-state index contributed by atoms with van der Waals surface area (Å²) in [6.07, 6.45) is 0. The number of rotatable bonds is 3. The van der Waals surface area contributed by atoms with Crippen LogP contribution < -0.4 is 5.11 Å². The average Bonchev–Trinajstić information content (AvgIpc) is 2.37. The minimum absolute atomic E-state index is 0.0678. The normalized spacial score (nSPS) is 15.0. The lowest BCUT2D eigenvalue weighted by Gasteiger charge is -2.11. The predicted octanol–water partition coefficient (Wildman–Crippen LogP) is 2.40. The zero-order valence-electron chi connectivity index (χ0n) is 10.1. The van der Waals surface area contributed by atoms with Crippen molar-refractivity contribution in [2.75, 3.05) is 0 Å². The number of hydrogen-bond donors (Lipinski definition) is 2. The lowest BCUT2D eigenvalue weighted by Crippen LogP contribution is -2.16. The molecule has 0 fully saturated rings. The molecule has 0 amide bonds. The number of nitrogens with one attached hydrogen (secondary N) is 1. The largest absolute Gasteiger partial charge is 0.859 e. The SMILES string of the molecule is CC(F)(c1ccc2ccc(C(=N)[O-])cc2c1)[P+](=O)O. The summed E-state index contributed by atoms with van der Waals surface area (Å²) in [7, 11) is -3.02. The lowest BCUT2D eigenvalue weighted by molar-refractivity contribution is -0.214. The fraction of sp³-hybridized carbons (Fsp3) is 0.154. The zero-order valence-corrected chi connectivity index (χ0v) is 10.9. The molecule has 0 saturated heterocycles. The van der Waals surface area contributed by atoms with Crippen molar-refractivity contribution in [3.8, 4) is 0 Å². The highest BCUT2D eigenvalue weighted by atomic mass is 31.1. The Bertz CT molecular complexity index is 685. The number of benzene rings is 2. The first kappa shape index (κ1) is 13.6. The molecule has 6 heteroatoms. The summed E-state index contributed by atoms with van der Waals surface area (Å²) in [6, 6.07) is 9.10. The molecular formula is C13H11FNO3P. The minimum atomic E-state index is -3.02. The van der Waals surface area contributed by atoms with Gasteiger partial charge in [-0.1, -0.05) is 24.3 Å². The van der Waals surface area contributed by atoms with Crippen molar-refractivity contribution in [3.63, 3.8) is 0 Å². The van der Waals surface area contributed by atoms with E-state index in [0.29, 0.717) is 5.39 Å². The Morgan fingerprint density at radius 1 is 1.32 bits per heavy atom. The molecule has 2 atom stereocenters. The standard InChI is InChI=1S/C13H11FNO3P/c1-13(14,19(17)18)11-5-4-8-2-3-9(12(15)16)6-10(8)7-11/h2-7H,1H3,(H2-,15,16,17,18). The van der Waals surface area contributed by atoms with Crippen LogP contribution in [0.15, 0.2) is 36.4 Å². The molecule has 0 aliphatic rings. The first-order valence-corrected chi connectivity index (χ1v) is 6.69. The molecule has 0 bridgehead atoms. The van der Waals surface area contributed by atoms with Crippen LogP contribution in [0.1, 0.15) is 18.1 Å². The highest BCUT2D eigenvalue weighted by Crippen LogP contribution is 2.46. The van der Waals surface area contributed by atoms with Gasteiger partial charge in [0.25, 0.3) is 0 Å². The van der Waals surface area contributed by atoms with E-state index in [1.54, 1.807) is 12.1 Å². The monoisotopic (exact) mass is 279 g/mol. The van der Waals surface area contributed by atoms with Crippen LogP contribution in [-0.4, -0.2) is 10.8 Å². The zero-order chi connectivity index (χ0) is 14.2. The van der Waals surface area contributed by atoms with Crippen molar-refractivity contribution in [3.05, 3.63) is 47.5 Å². The predicted molar refractivity (Wildman–Crippen MR) is 69.1 cm³/mol. The summed E-state index contributed by atoms with van der Waals surface area (Å²) in [5.74, 6) is -0.830. The van der Waals surface area contributed by atoms with Crippen LogP contribution in [0.2, 0.25) is 0 Å². The Labute approximate surface area is 109 Å². The molecule has 2 aromatic carbocycles. The number of halogens is 1. The van der Waals surface area contributed by atoms with Crippen molar-refractivity contribution in [1.82, 2.24) is 0 Å². The van der Waals surface area contributed by atoms with Gasteiger partial charge >= 0.3 is 13.4 Å². The second-order valence-corrected chi connectivity index (χ2v) is 5.72. The van der Waals surface area contributed by atoms with Gasteiger partial charge in [0.15, 0.2) is 0 Å². The quantitative estimate of drug-likeness (QED) is 0.514. The van der Waals surface area contributed by atoms with E-state index in [1.807, 2.05) is 0 Å². The van der Waals surface area contributed by atoms with Gasteiger partial charge in [0.05, 0.1) is 0 Å². The molecule has 0 aliphatic heterocycles. The first-order valence-electron chi connectivity index (χ1n) is 5.48. The molecule has 0 aliphatic carbocycles. The number of fused-ring (bicyclic) bond motifs is 1. The van der Waals surface area contributed by atoms with E-state index < -0.39 is 19.3 Å². The minimum Gasteiger partial charge on any atom is -0.859 e. The van der Waals surface area contributed by atoms with E-state index >= 15 is 0 Å². The molecule has 2 unspecified atom stereocenters. The second kappa shape index (κ2) is 4.68. The fourth-order valence-electron chi connectivity index (χ4n) is 1.78. The summed E-state index contributed by atoms with van der Waals surface area (Å²) in [5, 5.41) is 17.0. The van der Waals surface area contributed by atoms with Gasteiger partial charge in [-0.05, 0) is 38.9 Å². The molecule has 0 aromatic heterocycles. The molecule has 0 spiro atoms. The van der Waals surface area contributed by atoms with E-state index in [0.717, 1.165) is 12.3 Å². The fourth-order valence-corrected chi connectivity index (χ4v) is 2.14. The molecule has 0 heterocycles. The van der Waals surface area contributed by atoms with E-state index in [1.165, 1.54) is 24.3 Å². The average molecular weight is 279 g/mol. The van der Waals surface area contributed by atoms with Crippen LogP contribution >= 0.6 is 8.03 Å². The molecule has 2 rings (SSSR count). The molecule has 98 valence electrons. The van der Waals surface area contributed by atoms with Crippen LogP contribution in [-0.2, 0) is 9.97 Å². The van der Waals surface area contributed by atoms with Gasteiger partial charge in [-0.3, -0.25) is 0 Å². The third kappa shape index (κ3) is 2.48. The van der Waals surface area contributed by atoms with E-state index in [9.17, 15) is 14.1 Å². The van der Waals surface area contributed by atoms with Crippen molar-refractivity contribution >= 4 is 24.7 Å². The Balaban J connectivity index is 2.62. The van der Waals surface area contributed by atoms with Crippen molar-refractivity contribution in [2.24, 2.45) is 0 Å². The highest BCUT2D eigenvalue weighted by molar-refractivity contribution is 7.39. The summed E-state index contributed by atoms with van der Waals surface area (Å²) in [6.45, 7) is 1.03.